The number of imidazole rings is 1. The number of aryl methyl sites for hydroxylation is 1. The van der Waals surface area contributed by atoms with Crippen LogP contribution in [0.3, 0.4) is 0 Å². The van der Waals surface area contributed by atoms with Crippen LogP contribution in [0.15, 0.2) is 59.4 Å². The van der Waals surface area contributed by atoms with Crippen molar-refractivity contribution in [3.05, 3.63) is 77.4 Å². The molecule has 2 N–H and O–H groups in total. The summed E-state index contributed by atoms with van der Waals surface area (Å²) in [5, 5.41) is 15.6. The number of fused-ring (bicyclic) bond motifs is 1. The SMILES string of the molecule is Cc1cccc2nc(NCCNCc3cncn3[C@H](C)c3ccc(C#N)cc3)oc12. The van der Waals surface area contributed by atoms with Gasteiger partial charge in [-0.15, -0.1) is 0 Å². The predicted octanol–water partition coefficient (Wildman–Crippen LogP) is 4.02. The number of hydrogen-bond acceptors (Lipinski definition) is 6. The first-order valence-corrected chi connectivity index (χ1v) is 9.97. The van der Waals surface area contributed by atoms with Crippen LogP contribution in [0.5, 0.6) is 0 Å². The van der Waals surface area contributed by atoms with Gasteiger partial charge in [0.2, 0.25) is 0 Å². The Labute approximate surface area is 175 Å². The van der Waals surface area contributed by atoms with E-state index in [-0.39, 0.29) is 6.04 Å². The highest BCUT2D eigenvalue weighted by Crippen LogP contribution is 2.22. The lowest BCUT2D eigenvalue weighted by molar-refractivity contribution is 0.575. The van der Waals surface area contributed by atoms with Gasteiger partial charge in [-0.05, 0) is 43.2 Å². The summed E-state index contributed by atoms with van der Waals surface area (Å²) >= 11 is 0. The van der Waals surface area contributed by atoms with Crippen molar-refractivity contribution in [3.63, 3.8) is 0 Å². The van der Waals surface area contributed by atoms with E-state index in [9.17, 15) is 0 Å². The molecule has 0 aliphatic rings. The molecule has 2 aromatic carbocycles. The molecular weight excluding hydrogens is 376 g/mol. The number of nitrogens with one attached hydrogen (secondary N) is 2. The molecule has 0 fully saturated rings. The second-order valence-corrected chi connectivity index (χ2v) is 7.25. The Morgan fingerprint density at radius 3 is 2.77 bits per heavy atom. The van der Waals surface area contributed by atoms with E-state index in [2.05, 4.69) is 38.2 Å². The van der Waals surface area contributed by atoms with E-state index in [4.69, 9.17) is 9.68 Å². The van der Waals surface area contributed by atoms with Crippen LogP contribution in [-0.4, -0.2) is 27.6 Å². The number of oxazole rings is 1. The molecule has 7 heteroatoms. The van der Waals surface area contributed by atoms with Crippen LogP contribution >= 0.6 is 0 Å². The average molecular weight is 400 g/mol. The molecule has 2 heterocycles. The minimum Gasteiger partial charge on any atom is -0.423 e. The zero-order valence-electron chi connectivity index (χ0n) is 17.1. The molecule has 4 aromatic rings. The van der Waals surface area contributed by atoms with Crippen molar-refractivity contribution < 1.29 is 4.42 Å². The Bertz CT molecular complexity index is 1170. The molecule has 0 saturated carbocycles. The quantitative estimate of drug-likeness (QED) is 0.434. The van der Waals surface area contributed by atoms with Crippen molar-refractivity contribution in [1.82, 2.24) is 19.9 Å². The molecule has 4 rings (SSSR count). The maximum absolute atomic E-state index is 8.97. The molecular formula is C23H24N6O. The Kier molecular flexibility index (Phi) is 5.77. The number of nitriles is 1. The van der Waals surface area contributed by atoms with Gasteiger partial charge >= 0.3 is 0 Å². The second kappa shape index (κ2) is 8.80. The lowest BCUT2D eigenvalue weighted by atomic mass is 10.1. The van der Waals surface area contributed by atoms with E-state index in [1.807, 2.05) is 61.9 Å². The van der Waals surface area contributed by atoms with Crippen molar-refractivity contribution >= 4 is 17.1 Å². The molecule has 0 aliphatic heterocycles. The molecule has 0 amide bonds. The molecule has 0 bridgehead atoms. The minimum atomic E-state index is 0.137. The Morgan fingerprint density at radius 1 is 1.17 bits per heavy atom. The lowest BCUT2D eigenvalue weighted by Crippen LogP contribution is -2.23. The number of rotatable bonds is 8. The van der Waals surface area contributed by atoms with Crippen LogP contribution < -0.4 is 10.6 Å². The molecule has 2 aromatic heterocycles. The van der Waals surface area contributed by atoms with Gasteiger partial charge in [-0.1, -0.05) is 24.3 Å². The summed E-state index contributed by atoms with van der Waals surface area (Å²) in [5.41, 5.74) is 5.68. The highest BCUT2D eigenvalue weighted by atomic mass is 16.4. The van der Waals surface area contributed by atoms with Crippen molar-refractivity contribution in [2.75, 3.05) is 18.4 Å². The number of nitrogens with zero attached hydrogens (tertiary/aromatic N) is 4. The fourth-order valence-electron chi connectivity index (χ4n) is 3.45. The summed E-state index contributed by atoms with van der Waals surface area (Å²) in [6.07, 6.45) is 3.73. The molecule has 0 unspecified atom stereocenters. The average Bonchev–Trinajstić information content (AvgIpc) is 3.40. The van der Waals surface area contributed by atoms with E-state index in [0.29, 0.717) is 24.7 Å². The summed E-state index contributed by atoms with van der Waals surface area (Å²) in [6.45, 7) is 6.30. The monoisotopic (exact) mass is 400 g/mol. The van der Waals surface area contributed by atoms with Gasteiger partial charge in [0.05, 0.1) is 29.7 Å². The van der Waals surface area contributed by atoms with Crippen LogP contribution in [0.1, 0.15) is 35.3 Å². The smallest absolute Gasteiger partial charge is 0.295 e. The standard InChI is InChI=1S/C23H24N6O/c1-16-4-3-5-21-22(16)30-23(28-21)27-11-10-25-13-20-14-26-15-29(20)17(2)19-8-6-18(12-24)7-9-19/h3-9,14-15,17,25H,10-11,13H2,1-2H3,(H,27,28)/t17-/m1/s1. The summed E-state index contributed by atoms with van der Waals surface area (Å²) in [5.74, 6) is 0. The van der Waals surface area contributed by atoms with Gasteiger partial charge in [0, 0.05) is 25.8 Å². The maximum Gasteiger partial charge on any atom is 0.295 e. The fourth-order valence-corrected chi connectivity index (χ4v) is 3.45. The van der Waals surface area contributed by atoms with Gasteiger partial charge in [-0.25, -0.2) is 4.98 Å². The largest absolute Gasteiger partial charge is 0.423 e. The zero-order valence-corrected chi connectivity index (χ0v) is 17.1. The first kappa shape index (κ1) is 19.7. The first-order chi connectivity index (χ1) is 14.7. The Morgan fingerprint density at radius 2 is 2.00 bits per heavy atom. The number of aromatic nitrogens is 3. The minimum absolute atomic E-state index is 0.137. The van der Waals surface area contributed by atoms with Crippen LogP contribution in [0.2, 0.25) is 0 Å². The van der Waals surface area contributed by atoms with Gasteiger partial charge in [0.25, 0.3) is 6.01 Å². The fraction of sp³-hybridized carbons (Fsp3) is 0.261. The third-order valence-electron chi connectivity index (χ3n) is 5.18. The molecule has 0 radical (unpaired) electrons. The molecule has 0 aliphatic carbocycles. The van der Waals surface area contributed by atoms with Crippen molar-refractivity contribution in [3.8, 4) is 6.07 Å². The maximum atomic E-state index is 8.97. The summed E-state index contributed by atoms with van der Waals surface area (Å²) in [7, 11) is 0. The number of hydrogen-bond donors (Lipinski definition) is 2. The topological polar surface area (TPSA) is 91.7 Å². The lowest BCUT2D eigenvalue weighted by Gasteiger charge is -2.17. The van der Waals surface area contributed by atoms with Crippen LogP contribution in [0.4, 0.5) is 6.01 Å². The van der Waals surface area contributed by atoms with Gasteiger partial charge < -0.3 is 19.6 Å². The molecule has 7 nitrogen and oxygen atoms in total. The predicted molar refractivity (Wildman–Crippen MR) is 116 cm³/mol. The summed E-state index contributed by atoms with van der Waals surface area (Å²) < 4.78 is 7.93. The van der Waals surface area contributed by atoms with Gasteiger partial charge in [0.15, 0.2) is 5.58 Å². The first-order valence-electron chi connectivity index (χ1n) is 9.97. The third-order valence-corrected chi connectivity index (χ3v) is 5.18. The van der Waals surface area contributed by atoms with Crippen molar-refractivity contribution in [1.29, 1.82) is 5.26 Å². The summed E-state index contributed by atoms with van der Waals surface area (Å²) in [6, 6.07) is 16.5. The van der Waals surface area contributed by atoms with Gasteiger partial charge in [-0.3, -0.25) is 0 Å². The molecule has 0 spiro atoms. The van der Waals surface area contributed by atoms with Gasteiger partial charge in [0.1, 0.15) is 5.52 Å². The number of para-hydroxylation sites is 1. The molecule has 30 heavy (non-hydrogen) atoms. The van der Waals surface area contributed by atoms with Crippen LogP contribution in [-0.2, 0) is 6.54 Å². The third kappa shape index (κ3) is 4.19. The van der Waals surface area contributed by atoms with E-state index < -0.39 is 0 Å². The second-order valence-electron chi connectivity index (χ2n) is 7.25. The number of benzene rings is 2. The number of anilines is 1. The normalized spacial score (nSPS) is 12.0. The van der Waals surface area contributed by atoms with Gasteiger partial charge in [-0.2, -0.15) is 10.2 Å². The molecule has 0 saturated heterocycles. The van der Waals surface area contributed by atoms with E-state index in [1.165, 1.54) is 0 Å². The van der Waals surface area contributed by atoms with Crippen LogP contribution in [0.25, 0.3) is 11.1 Å². The van der Waals surface area contributed by atoms with E-state index in [1.54, 1.807) is 0 Å². The Balaban J connectivity index is 1.30. The summed E-state index contributed by atoms with van der Waals surface area (Å²) in [4.78, 5) is 8.78. The molecule has 1 atom stereocenters. The zero-order chi connectivity index (χ0) is 20.9. The Hall–Kier alpha value is -3.63. The van der Waals surface area contributed by atoms with Crippen molar-refractivity contribution in [2.45, 2.75) is 26.4 Å². The highest BCUT2D eigenvalue weighted by molar-refractivity contribution is 5.77. The van der Waals surface area contributed by atoms with E-state index in [0.717, 1.165) is 34.5 Å². The van der Waals surface area contributed by atoms with Crippen molar-refractivity contribution in [2.24, 2.45) is 0 Å². The highest BCUT2D eigenvalue weighted by Gasteiger charge is 2.12. The van der Waals surface area contributed by atoms with Crippen LogP contribution in [0, 0.1) is 18.3 Å². The molecule has 152 valence electrons. The van der Waals surface area contributed by atoms with E-state index >= 15 is 0 Å².